The van der Waals surface area contributed by atoms with E-state index in [0.29, 0.717) is 11.8 Å². The molecule has 4 aromatic rings. The second-order valence-corrected chi connectivity index (χ2v) is 15.7. The maximum absolute atomic E-state index is 5.95. The highest BCUT2D eigenvalue weighted by atomic mass is 14.5. The highest BCUT2D eigenvalue weighted by Gasteiger charge is 2.12. The summed E-state index contributed by atoms with van der Waals surface area (Å²) >= 11 is 0. The standard InChI is InChI=1S/C49H70N2/c1-38-36-46(50)32-34-48(38)40(3)44-28-24-42(25-29-44)22-20-18-16-14-12-10-8-6-5-7-9-11-13-15-17-19-21-23-43-26-30-45(31-27-43)41(4)49-35-33-47(51)37-39(49)2/h24-37,40-41H,5-23,50-51H2,1-4H3. The van der Waals surface area contributed by atoms with Gasteiger partial charge in [-0.2, -0.15) is 0 Å². The van der Waals surface area contributed by atoms with Gasteiger partial charge >= 0.3 is 0 Å². The summed E-state index contributed by atoms with van der Waals surface area (Å²) < 4.78 is 0. The largest absolute Gasteiger partial charge is 0.399 e. The fraction of sp³-hybridized carbons (Fsp3) is 0.510. The van der Waals surface area contributed by atoms with Crippen LogP contribution in [-0.2, 0) is 12.8 Å². The van der Waals surface area contributed by atoms with Crippen LogP contribution in [-0.4, -0.2) is 0 Å². The molecule has 0 fully saturated rings. The summed E-state index contributed by atoms with van der Waals surface area (Å²) in [4.78, 5) is 0. The van der Waals surface area contributed by atoms with Crippen molar-refractivity contribution in [2.75, 3.05) is 11.5 Å². The van der Waals surface area contributed by atoms with Crippen molar-refractivity contribution < 1.29 is 0 Å². The molecule has 2 unspecified atom stereocenters. The summed E-state index contributed by atoms with van der Waals surface area (Å²) in [6.07, 6.45) is 26.3. The van der Waals surface area contributed by atoms with Crippen LogP contribution < -0.4 is 11.5 Å². The third kappa shape index (κ3) is 14.2. The number of aryl methyl sites for hydroxylation is 4. The van der Waals surface area contributed by atoms with Crippen LogP contribution in [0.15, 0.2) is 84.9 Å². The first-order valence-corrected chi connectivity index (χ1v) is 20.7. The summed E-state index contributed by atoms with van der Waals surface area (Å²) in [6.45, 7) is 8.92. The van der Waals surface area contributed by atoms with E-state index in [0.717, 1.165) is 11.4 Å². The maximum Gasteiger partial charge on any atom is 0.0316 e. The number of benzene rings is 4. The van der Waals surface area contributed by atoms with Crippen molar-refractivity contribution in [2.45, 2.75) is 162 Å². The molecule has 0 bridgehead atoms. The molecule has 2 heteroatoms. The number of hydrogen-bond donors (Lipinski definition) is 2. The summed E-state index contributed by atoms with van der Waals surface area (Å²) in [5, 5.41) is 0. The molecule has 2 nitrogen and oxygen atoms in total. The minimum atomic E-state index is 0.397. The molecule has 0 radical (unpaired) electrons. The minimum Gasteiger partial charge on any atom is -0.399 e. The zero-order valence-electron chi connectivity index (χ0n) is 32.8. The fourth-order valence-electron chi connectivity index (χ4n) is 7.98. The van der Waals surface area contributed by atoms with E-state index < -0.39 is 0 Å². The Balaban J connectivity index is 0.902. The zero-order chi connectivity index (χ0) is 36.3. The van der Waals surface area contributed by atoms with Gasteiger partial charge < -0.3 is 11.5 Å². The Morgan fingerprint density at radius 1 is 0.373 bits per heavy atom. The molecule has 0 saturated heterocycles. The van der Waals surface area contributed by atoms with Gasteiger partial charge in [-0.1, -0.05) is 171 Å². The van der Waals surface area contributed by atoms with Gasteiger partial charge in [0.1, 0.15) is 0 Å². The molecule has 0 aliphatic carbocycles. The molecule has 0 spiro atoms. The summed E-state index contributed by atoms with van der Waals surface area (Å²) in [5.41, 5.74) is 24.6. The summed E-state index contributed by atoms with van der Waals surface area (Å²) in [5.74, 6) is 0.794. The van der Waals surface area contributed by atoms with Gasteiger partial charge in [0.05, 0.1) is 0 Å². The van der Waals surface area contributed by atoms with E-state index in [1.54, 1.807) is 0 Å². The number of rotatable bonds is 24. The first-order valence-electron chi connectivity index (χ1n) is 20.7. The number of unbranched alkanes of at least 4 members (excludes halogenated alkanes) is 16. The van der Waals surface area contributed by atoms with Crippen molar-refractivity contribution in [3.8, 4) is 0 Å². The highest BCUT2D eigenvalue weighted by Crippen LogP contribution is 2.30. The van der Waals surface area contributed by atoms with Gasteiger partial charge in [0, 0.05) is 23.2 Å². The van der Waals surface area contributed by atoms with E-state index in [2.05, 4.69) is 100 Å². The first kappa shape index (κ1) is 40.3. The van der Waals surface area contributed by atoms with Crippen molar-refractivity contribution in [3.63, 3.8) is 0 Å². The Kier molecular flexibility index (Phi) is 17.7. The van der Waals surface area contributed by atoms with Crippen LogP contribution in [0.5, 0.6) is 0 Å². The Morgan fingerprint density at radius 2 is 0.647 bits per heavy atom. The third-order valence-corrected chi connectivity index (χ3v) is 11.4. The van der Waals surface area contributed by atoms with Gasteiger partial charge in [0.25, 0.3) is 0 Å². The van der Waals surface area contributed by atoms with Gasteiger partial charge in [-0.25, -0.2) is 0 Å². The Hall–Kier alpha value is -3.52. The molecule has 2 atom stereocenters. The van der Waals surface area contributed by atoms with Crippen LogP contribution >= 0.6 is 0 Å². The van der Waals surface area contributed by atoms with Gasteiger partial charge in [-0.15, -0.1) is 0 Å². The topological polar surface area (TPSA) is 52.0 Å². The molecule has 0 aliphatic rings. The summed E-state index contributed by atoms with van der Waals surface area (Å²) in [7, 11) is 0. The zero-order valence-corrected chi connectivity index (χ0v) is 32.8. The predicted molar refractivity (Wildman–Crippen MR) is 225 cm³/mol. The van der Waals surface area contributed by atoms with E-state index in [-0.39, 0.29) is 0 Å². The molecule has 0 heterocycles. The SMILES string of the molecule is Cc1cc(N)ccc1C(C)c1ccc(CCCCCCCCCCCCCCCCCCCc2ccc(C(C)c3ccc(N)cc3C)cc2)cc1. The van der Waals surface area contributed by atoms with Crippen LogP contribution in [0, 0.1) is 13.8 Å². The average Bonchev–Trinajstić information content (AvgIpc) is 3.12. The third-order valence-electron chi connectivity index (χ3n) is 11.4. The second-order valence-electron chi connectivity index (χ2n) is 15.7. The number of hydrogen-bond acceptors (Lipinski definition) is 2. The molecule has 0 amide bonds. The van der Waals surface area contributed by atoms with E-state index >= 15 is 0 Å². The van der Waals surface area contributed by atoms with E-state index in [9.17, 15) is 0 Å². The summed E-state index contributed by atoms with van der Waals surface area (Å²) in [6, 6.07) is 31.2. The van der Waals surface area contributed by atoms with E-state index in [1.165, 1.54) is 167 Å². The average molecular weight is 687 g/mol. The molecule has 0 aromatic heterocycles. The van der Waals surface area contributed by atoms with Gasteiger partial charge in [0.15, 0.2) is 0 Å². The molecule has 0 saturated carbocycles. The smallest absolute Gasteiger partial charge is 0.0316 e. The van der Waals surface area contributed by atoms with Crippen LogP contribution in [0.4, 0.5) is 11.4 Å². The Labute approximate surface area is 312 Å². The lowest BCUT2D eigenvalue weighted by molar-refractivity contribution is 0.525. The molecule has 4 rings (SSSR count). The number of nitrogen functional groups attached to an aromatic ring is 2. The molecule has 0 aliphatic heterocycles. The lowest BCUT2D eigenvalue weighted by atomic mass is 9.89. The fourth-order valence-corrected chi connectivity index (χ4v) is 7.98. The molecular formula is C49H70N2. The number of nitrogens with two attached hydrogens (primary N) is 2. The Morgan fingerprint density at radius 3 is 0.922 bits per heavy atom. The van der Waals surface area contributed by atoms with Gasteiger partial charge in [-0.3, -0.25) is 0 Å². The van der Waals surface area contributed by atoms with Crippen molar-refractivity contribution >= 4 is 11.4 Å². The van der Waals surface area contributed by atoms with E-state index in [4.69, 9.17) is 11.5 Å². The van der Waals surface area contributed by atoms with Crippen molar-refractivity contribution in [1.82, 2.24) is 0 Å². The van der Waals surface area contributed by atoms with E-state index in [1.807, 2.05) is 12.1 Å². The second kappa shape index (κ2) is 22.4. The minimum absolute atomic E-state index is 0.397. The van der Waals surface area contributed by atoms with Crippen molar-refractivity contribution in [1.29, 1.82) is 0 Å². The van der Waals surface area contributed by atoms with Crippen LogP contribution in [0.2, 0.25) is 0 Å². The molecule has 4 aromatic carbocycles. The molecule has 51 heavy (non-hydrogen) atoms. The van der Waals surface area contributed by atoms with Crippen molar-refractivity contribution in [2.24, 2.45) is 0 Å². The molecular weight excluding hydrogens is 617 g/mol. The quantitative estimate of drug-likeness (QED) is 0.0569. The predicted octanol–water partition coefficient (Wildman–Crippen LogP) is 14.2. The highest BCUT2D eigenvalue weighted by molar-refractivity contribution is 5.48. The van der Waals surface area contributed by atoms with Crippen molar-refractivity contribution in [3.05, 3.63) is 129 Å². The maximum atomic E-state index is 5.95. The lowest BCUT2D eigenvalue weighted by Crippen LogP contribution is -2.00. The normalized spacial score (nSPS) is 12.6. The van der Waals surface area contributed by atoms with Crippen LogP contribution in [0.3, 0.4) is 0 Å². The van der Waals surface area contributed by atoms with Gasteiger partial charge in [-0.05, 0) is 108 Å². The first-order chi connectivity index (χ1) is 24.8. The Bertz CT molecular complexity index is 1420. The van der Waals surface area contributed by atoms with Crippen LogP contribution in [0.1, 0.15) is 179 Å². The van der Waals surface area contributed by atoms with Gasteiger partial charge in [0.2, 0.25) is 0 Å². The molecule has 4 N–H and O–H groups in total. The lowest BCUT2D eigenvalue weighted by Gasteiger charge is -2.16. The van der Waals surface area contributed by atoms with Crippen LogP contribution in [0.25, 0.3) is 0 Å². The number of anilines is 2. The monoisotopic (exact) mass is 687 g/mol. The molecule has 276 valence electrons.